The largest absolute Gasteiger partial charge is 0.496 e. The van der Waals surface area contributed by atoms with Gasteiger partial charge in [0.1, 0.15) is 28.3 Å². The Kier molecular flexibility index (Phi) is 9.89. The van der Waals surface area contributed by atoms with Gasteiger partial charge in [0.15, 0.2) is 5.78 Å². The number of sulfonamides is 1. The van der Waals surface area contributed by atoms with Gasteiger partial charge in [0, 0.05) is 41.8 Å². The van der Waals surface area contributed by atoms with E-state index in [-0.39, 0.29) is 42.3 Å². The molecule has 4 fully saturated rings. The molecule has 2 saturated carbocycles. The smallest absolute Gasteiger partial charge is 0.241 e. The number of pyridine rings is 1. The number of aromatic nitrogens is 2. The normalized spacial score (nSPS) is 27.4. The van der Waals surface area contributed by atoms with Crippen molar-refractivity contribution in [2.24, 2.45) is 17.3 Å². The average Bonchev–Trinajstić information content (AvgIpc) is 3.99. The van der Waals surface area contributed by atoms with Crippen LogP contribution < -0.4 is 14.2 Å². The van der Waals surface area contributed by atoms with E-state index in [9.17, 15) is 22.8 Å². The molecular formula is C39H51N5O7S2. The number of nitrogens with one attached hydrogen (secondary N) is 1. The molecule has 14 heteroatoms. The number of Topliss-reactive ketones (excluding diaryl/α,β-unsaturated/α-hetero) is 1. The van der Waals surface area contributed by atoms with Crippen LogP contribution in [0.2, 0.25) is 0 Å². The molecule has 2 amide bonds. The van der Waals surface area contributed by atoms with Crippen molar-refractivity contribution in [3.8, 4) is 22.2 Å². The van der Waals surface area contributed by atoms with Gasteiger partial charge in [-0.1, -0.05) is 41.0 Å². The summed E-state index contributed by atoms with van der Waals surface area (Å²) in [4.78, 5) is 56.3. The maximum atomic E-state index is 14.5. The van der Waals surface area contributed by atoms with Crippen LogP contribution in [0.1, 0.15) is 90.3 Å². The molecule has 53 heavy (non-hydrogen) atoms. The van der Waals surface area contributed by atoms with Crippen molar-refractivity contribution in [3.63, 3.8) is 0 Å². The van der Waals surface area contributed by atoms with Crippen LogP contribution in [-0.4, -0.2) is 96.0 Å². The van der Waals surface area contributed by atoms with Gasteiger partial charge >= 0.3 is 0 Å². The highest BCUT2D eigenvalue weighted by Gasteiger charge is 2.63. The molecular weight excluding hydrogens is 715 g/mol. The Morgan fingerprint density at radius 2 is 1.87 bits per heavy atom. The molecule has 2 aromatic heterocycles. The van der Waals surface area contributed by atoms with Crippen LogP contribution in [0.25, 0.3) is 21.6 Å². The number of ether oxygens (including phenoxy) is 2. The van der Waals surface area contributed by atoms with Crippen LogP contribution in [-0.2, 0) is 24.4 Å². The van der Waals surface area contributed by atoms with E-state index < -0.39 is 50.8 Å². The summed E-state index contributed by atoms with van der Waals surface area (Å²) in [6.45, 7) is 12.6. The van der Waals surface area contributed by atoms with Crippen molar-refractivity contribution >= 4 is 49.9 Å². The number of ketones is 1. The first-order valence-corrected chi connectivity index (χ1v) is 21.2. The zero-order chi connectivity index (χ0) is 38.1. The second kappa shape index (κ2) is 13.9. The van der Waals surface area contributed by atoms with Gasteiger partial charge in [-0.05, 0) is 63.1 Å². The van der Waals surface area contributed by atoms with E-state index in [1.165, 1.54) is 11.3 Å². The van der Waals surface area contributed by atoms with E-state index in [2.05, 4.69) is 23.5 Å². The summed E-state index contributed by atoms with van der Waals surface area (Å²) in [5.74, 6) is 0.448. The van der Waals surface area contributed by atoms with Crippen molar-refractivity contribution in [2.75, 3.05) is 20.7 Å². The lowest BCUT2D eigenvalue weighted by Crippen LogP contribution is -2.64. The minimum atomic E-state index is -3.78. The van der Waals surface area contributed by atoms with E-state index in [1.54, 1.807) is 12.0 Å². The van der Waals surface area contributed by atoms with E-state index in [4.69, 9.17) is 19.4 Å². The summed E-state index contributed by atoms with van der Waals surface area (Å²) < 4.78 is 40.5. The number of likely N-dealkylation sites (N-methyl/N-ethyl adjacent to an activating group) is 1. The first kappa shape index (κ1) is 37.7. The predicted octanol–water partition coefficient (Wildman–Crippen LogP) is 5.47. The molecule has 0 bridgehead atoms. The number of aryl methyl sites for hydroxylation is 1. The number of carbonyl (C=O) groups is 3. The third-order valence-corrected chi connectivity index (χ3v) is 14.6. The quantitative estimate of drug-likeness (QED) is 0.238. The predicted molar refractivity (Wildman–Crippen MR) is 203 cm³/mol. The van der Waals surface area contributed by atoms with Crippen molar-refractivity contribution in [1.82, 2.24) is 24.5 Å². The second-order valence-corrected chi connectivity index (χ2v) is 19.0. The topological polar surface area (TPSA) is 148 Å². The van der Waals surface area contributed by atoms with Gasteiger partial charge in [0.2, 0.25) is 21.8 Å². The van der Waals surface area contributed by atoms with E-state index in [1.807, 2.05) is 58.3 Å². The summed E-state index contributed by atoms with van der Waals surface area (Å²) in [6.07, 6.45) is 1.71. The van der Waals surface area contributed by atoms with Gasteiger partial charge in [-0.2, -0.15) is 0 Å². The minimum absolute atomic E-state index is 0.000469. The maximum absolute atomic E-state index is 14.5. The number of benzene rings is 1. The molecule has 4 aliphatic rings. The lowest BCUT2D eigenvalue weighted by atomic mass is 9.90. The third-order valence-electron chi connectivity index (χ3n) is 11.9. The van der Waals surface area contributed by atoms with Crippen molar-refractivity contribution < 1.29 is 32.3 Å². The number of thiazole rings is 1. The Morgan fingerprint density at radius 3 is 2.47 bits per heavy atom. The standard InChI is InChI=1S/C39H51N5O7S2/c1-9-23-16-39(23,38(47)42-53(48,49)24-10-11-24)17-30(45)28-15-33(29-18-43(7)35(21(4)5)37(46)44(28)29)51-32-14-26(36-41-27(19-52-36)20(2)3)40-34-22(6)31(50-8)13-12-25(32)34/h12-14,19-21,23-24,28-29,33,35H,9-11,15-18H2,1-8H3,(H,42,47)/t23-,28+,29-,33-,35-,39-/m1/s1. The van der Waals surface area contributed by atoms with Crippen LogP contribution in [0.3, 0.4) is 0 Å². The molecule has 2 aliphatic carbocycles. The second-order valence-electron chi connectivity index (χ2n) is 16.2. The fraction of sp³-hybridized carbons (Fsp3) is 0.615. The van der Waals surface area contributed by atoms with E-state index in [0.29, 0.717) is 54.9 Å². The van der Waals surface area contributed by atoms with Gasteiger partial charge in [-0.3, -0.25) is 24.0 Å². The van der Waals surface area contributed by atoms with Crippen molar-refractivity contribution in [3.05, 3.63) is 34.8 Å². The van der Waals surface area contributed by atoms with E-state index >= 15 is 0 Å². The number of hydrogen-bond acceptors (Lipinski definition) is 11. The minimum Gasteiger partial charge on any atom is -0.496 e. The Bertz CT molecular complexity index is 2060. The zero-order valence-corrected chi connectivity index (χ0v) is 33.5. The zero-order valence-electron chi connectivity index (χ0n) is 31.8. The first-order chi connectivity index (χ1) is 25.1. The molecule has 0 radical (unpaired) electrons. The highest BCUT2D eigenvalue weighted by atomic mass is 32.2. The molecule has 286 valence electrons. The van der Waals surface area contributed by atoms with Crippen LogP contribution in [0.5, 0.6) is 11.5 Å². The molecule has 7 rings (SSSR count). The number of carbonyl (C=O) groups excluding carboxylic acids is 3. The average molecular weight is 766 g/mol. The highest BCUT2D eigenvalue weighted by Crippen LogP contribution is 2.58. The van der Waals surface area contributed by atoms with E-state index in [0.717, 1.165) is 21.7 Å². The number of methoxy groups -OCH3 is 1. The molecule has 4 heterocycles. The molecule has 0 spiro atoms. The Labute approximate surface area is 316 Å². The first-order valence-electron chi connectivity index (χ1n) is 18.8. The van der Waals surface area contributed by atoms with Gasteiger partial charge in [-0.15, -0.1) is 11.3 Å². The summed E-state index contributed by atoms with van der Waals surface area (Å²) in [5.41, 5.74) is 2.10. The Balaban J connectivity index is 1.24. The van der Waals surface area contributed by atoms with Gasteiger partial charge in [-0.25, -0.2) is 18.4 Å². The molecule has 2 aliphatic heterocycles. The number of nitrogens with zero attached hydrogens (tertiary/aromatic N) is 4. The molecule has 2 saturated heterocycles. The monoisotopic (exact) mass is 765 g/mol. The van der Waals surface area contributed by atoms with Crippen molar-refractivity contribution in [1.29, 1.82) is 0 Å². The van der Waals surface area contributed by atoms with Crippen molar-refractivity contribution in [2.45, 2.75) is 115 Å². The molecule has 0 unspecified atom stereocenters. The number of piperazine rings is 1. The summed E-state index contributed by atoms with van der Waals surface area (Å²) in [5, 5.41) is 3.03. The fourth-order valence-corrected chi connectivity index (χ4v) is 11.0. The van der Waals surface area contributed by atoms with Gasteiger partial charge in [0.25, 0.3) is 0 Å². The van der Waals surface area contributed by atoms with Crippen LogP contribution in [0.15, 0.2) is 23.6 Å². The number of hydrogen-bond donors (Lipinski definition) is 1. The molecule has 6 atom stereocenters. The third kappa shape index (κ3) is 6.73. The molecule has 1 aromatic carbocycles. The van der Waals surface area contributed by atoms with Crippen LogP contribution in [0.4, 0.5) is 0 Å². The summed E-state index contributed by atoms with van der Waals surface area (Å²) in [7, 11) is -0.218. The fourth-order valence-electron chi connectivity index (χ4n) is 8.63. The lowest BCUT2D eigenvalue weighted by molar-refractivity contribution is -0.152. The molecule has 3 aromatic rings. The van der Waals surface area contributed by atoms with Gasteiger partial charge < -0.3 is 14.4 Å². The Morgan fingerprint density at radius 1 is 1.13 bits per heavy atom. The highest BCUT2D eigenvalue weighted by molar-refractivity contribution is 7.90. The van der Waals surface area contributed by atoms with Gasteiger partial charge in [0.05, 0.1) is 47.1 Å². The summed E-state index contributed by atoms with van der Waals surface area (Å²) >= 11 is 1.52. The lowest BCUT2D eigenvalue weighted by Gasteiger charge is -2.45. The number of fused-ring (bicyclic) bond motifs is 2. The molecule has 1 N–H and O–H groups in total. The summed E-state index contributed by atoms with van der Waals surface area (Å²) in [6, 6.07) is 4.03. The van der Waals surface area contributed by atoms with Crippen LogP contribution >= 0.6 is 11.3 Å². The van der Waals surface area contributed by atoms with Crippen LogP contribution in [0, 0.1) is 24.2 Å². The number of rotatable bonds is 13. The molecule has 12 nitrogen and oxygen atoms in total. The number of amides is 2. The SMILES string of the molecule is CC[C@@H]1C[C@]1(CC(=O)[C@@H]1C[C@@H](Oc2cc(-c3nc(C(C)C)cs3)nc3c(C)c(OC)ccc23)[C@H]2CN(C)[C@H](C(C)C)C(=O)N21)C(=O)NS(=O)(=O)C1CC1. The Hall–Kier alpha value is -3.62. The maximum Gasteiger partial charge on any atom is 0.241 e.